The van der Waals surface area contributed by atoms with Gasteiger partial charge in [0.25, 0.3) is 5.56 Å². The quantitative estimate of drug-likeness (QED) is 0.658. The lowest BCUT2D eigenvalue weighted by molar-refractivity contribution is 0.410. The van der Waals surface area contributed by atoms with Crippen molar-refractivity contribution in [2.45, 2.75) is 19.4 Å². The summed E-state index contributed by atoms with van der Waals surface area (Å²) in [7, 11) is 0. The minimum Gasteiger partial charge on any atom is -0.494 e. The van der Waals surface area contributed by atoms with E-state index in [1.165, 1.54) is 0 Å². The van der Waals surface area contributed by atoms with Crippen LogP contribution in [0.5, 0.6) is 5.88 Å². The summed E-state index contributed by atoms with van der Waals surface area (Å²) >= 11 is 0. The summed E-state index contributed by atoms with van der Waals surface area (Å²) in [5, 5.41) is 14.2. The van der Waals surface area contributed by atoms with E-state index >= 15 is 0 Å². The van der Waals surface area contributed by atoms with Crippen molar-refractivity contribution in [2.24, 2.45) is 0 Å². The van der Waals surface area contributed by atoms with Crippen LogP contribution < -0.4 is 16.6 Å². The van der Waals surface area contributed by atoms with Crippen molar-refractivity contribution >= 4 is 0 Å². The Morgan fingerprint density at radius 3 is 2.73 bits per heavy atom. The zero-order chi connectivity index (χ0) is 18.3. The normalized spacial score (nSPS) is 16.3. The van der Waals surface area contributed by atoms with Gasteiger partial charge in [0.05, 0.1) is 17.3 Å². The number of hydrogen-bond acceptors (Lipinski definition) is 4. The van der Waals surface area contributed by atoms with Crippen LogP contribution in [0, 0.1) is 6.92 Å². The summed E-state index contributed by atoms with van der Waals surface area (Å²) in [6, 6.07) is 14.6. The predicted molar refractivity (Wildman–Crippen MR) is 99.1 cm³/mol. The first-order valence-corrected chi connectivity index (χ1v) is 8.52. The number of nitrogens with one attached hydrogen (secondary N) is 2. The maximum Gasteiger partial charge on any atom is 0.335 e. The fourth-order valence-electron chi connectivity index (χ4n) is 3.57. The summed E-state index contributed by atoms with van der Waals surface area (Å²) in [4.78, 5) is 27.3. The maximum atomic E-state index is 12.6. The van der Waals surface area contributed by atoms with Crippen molar-refractivity contribution in [3.05, 3.63) is 91.6 Å². The Bertz CT molecular complexity index is 1100. The van der Waals surface area contributed by atoms with Crippen molar-refractivity contribution in [3.63, 3.8) is 0 Å². The molecule has 6 nitrogen and oxygen atoms in total. The molecule has 0 aliphatic carbocycles. The first-order chi connectivity index (χ1) is 12.6. The Morgan fingerprint density at radius 1 is 1.12 bits per heavy atom. The molecule has 0 radical (unpaired) electrons. The second-order valence-electron chi connectivity index (χ2n) is 6.51. The van der Waals surface area contributed by atoms with Crippen molar-refractivity contribution in [1.29, 1.82) is 0 Å². The van der Waals surface area contributed by atoms with Crippen molar-refractivity contribution < 1.29 is 5.11 Å². The van der Waals surface area contributed by atoms with Crippen LogP contribution in [0.2, 0.25) is 0 Å². The second kappa shape index (κ2) is 6.31. The molecular formula is C20H19N3O3. The molecule has 0 bridgehead atoms. The fraction of sp³-hybridized carbons (Fsp3) is 0.200. The van der Waals surface area contributed by atoms with Gasteiger partial charge in [0.15, 0.2) is 0 Å². The molecule has 4 rings (SSSR count). The van der Waals surface area contributed by atoms with Gasteiger partial charge in [0.1, 0.15) is 0 Å². The number of H-pyrrole nitrogens is 1. The molecule has 1 aliphatic heterocycles. The van der Waals surface area contributed by atoms with Gasteiger partial charge in [-0.15, -0.1) is 0 Å². The van der Waals surface area contributed by atoms with Gasteiger partial charge in [-0.25, -0.2) is 9.36 Å². The molecule has 6 heteroatoms. The van der Waals surface area contributed by atoms with Crippen molar-refractivity contribution in [3.8, 4) is 11.6 Å². The monoisotopic (exact) mass is 349 g/mol. The molecule has 132 valence electrons. The topological polar surface area (TPSA) is 87.1 Å². The van der Waals surface area contributed by atoms with Gasteiger partial charge in [-0.1, -0.05) is 36.4 Å². The lowest BCUT2D eigenvalue weighted by Gasteiger charge is -2.27. The first kappa shape index (κ1) is 16.4. The summed E-state index contributed by atoms with van der Waals surface area (Å²) in [5.41, 5.74) is 2.43. The maximum absolute atomic E-state index is 12.6. The van der Waals surface area contributed by atoms with Crippen LogP contribution in [0.3, 0.4) is 0 Å². The minimum absolute atomic E-state index is 0.151. The van der Waals surface area contributed by atoms with Gasteiger partial charge in [0.2, 0.25) is 5.88 Å². The third-order valence-electron chi connectivity index (χ3n) is 4.78. The molecule has 0 amide bonds. The number of rotatable bonds is 2. The van der Waals surface area contributed by atoms with Gasteiger partial charge >= 0.3 is 5.69 Å². The van der Waals surface area contributed by atoms with Gasteiger partial charge in [-0.2, -0.15) is 0 Å². The number of nitrogens with zero attached hydrogens (tertiary/aromatic N) is 1. The molecule has 0 spiro atoms. The van der Waals surface area contributed by atoms with Gasteiger partial charge in [-0.05, 0) is 42.2 Å². The highest BCUT2D eigenvalue weighted by Crippen LogP contribution is 2.31. The number of aromatic hydroxyl groups is 1. The van der Waals surface area contributed by atoms with E-state index in [0.717, 1.165) is 27.7 Å². The van der Waals surface area contributed by atoms with Crippen LogP contribution in [0.25, 0.3) is 5.69 Å². The van der Waals surface area contributed by atoms with Crippen LogP contribution in [0.1, 0.15) is 28.3 Å². The van der Waals surface area contributed by atoms with E-state index in [4.69, 9.17) is 0 Å². The van der Waals surface area contributed by atoms with Crippen molar-refractivity contribution in [1.82, 2.24) is 14.9 Å². The lowest BCUT2D eigenvalue weighted by Crippen LogP contribution is -2.38. The second-order valence-corrected chi connectivity index (χ2v) is 6.51. The minimum atomic E-state index is -0.661. The first-order valence-electron chi connectivity index (χ1n) is 8.52. The van der Waals surface area contributed by atoms with E-state index in [1.54, 1.807) is 18.2 Å². The van der Waals surface area contributed by atoms with Crippen LogP contribution >= 0.6 is 0 Å². The van der Waals surface area contributed by atoms with Gasteiger partial charge < -0.3 is 10.4 Å². The number of aromatic nitrogens is 2. The Balaban J connectivity index is 1.96. The number of hydrogen-bond donors (Lipinski definition) is 3. The van der Waals surface area contributed by atoms with Crippen LogP contribution in [-0.2, 0) is 6.42 Å². The summed E-state index contributed by atoms with van der Waals surface area (Å²) in [6.45, 7) is 2.58. The average molecular weight is 349 g/mol. The third kappa shape index (κ3) is 2.64. The highest BCUT2D eigenvalue weighted by Gasteiger charge is 2.28. The number of benzene rings is 2. The number of aryl methyl sites for hydroxylation is 1. The molecule has 3 aromatic rings. The van der Waals surface area contributed by atoms with Crippen LogP contribution in [0.15, 0.2) is 58.1 Å². The Labute approximate surface area is 149 Å². The number of fused-ring (bicyclic) bond motifs is 1. The highest BCUT2D eigenvalue weighted by atomic mass is 16.3. The summed E-state index contributed by atoms with van der Waals surface area (Å²) < 4.78 is 1.14. The van der Waals surface area contributed by atoms with E-state index < -0.39 is 17.3 Å². The highest BCUT2D eigenvalue weighted by molar-refractivity contribution is 5.45. The molecule has 0 unspecified atom stereocenters. The lowest BCUT2D eigenvalue weighted by atomic mass is 9.90. The zero-order valence-corrected chi connectivity index (χ0v) is 14.3. The predicted octanol–water partition coefficient (Wildman–Crippen LogP) is 1.77. The third-order valence-corrected chi connectivity index (χ3v) is 4.78. The van der Waals surface area contributed by atoms with E-state index in [1.807, 2.05) is 37.3 Å². The molecule has 2 aromatic carbocycles. The average Bonchev–Trinajstić information content (AvgIpc) is 2.61. The molecular weight excluding hydrogens is 330 g/mol. The molecule has 0 saturated carbocycles. The molecule has 3 N–H and O–H groups in total. The molecule has 1 aliphatic rings. The molecule has 2 heterocycles. The summed E-state index contributed by atoms with van der Waals surface area (Å²) in [6.07, 6.45) is 0.850. The Hall–Kier alpha value is -3.12. The molecule has 0 fully saturated rings. The van der Waals surface area contributed by atoms with E-state index in [-0.39, 0.29) is 11.4 Å². The summed E-state index contributed by atoms with van der Waals surface area (Å²) in [5.74, 6) is -0.335. The largest absolute Gasteiger partial charge is 0.494 e. The molecule has 0 saturated heterocycles. The molecule has 1 aromatic heterocycles. The van der Waals surface area contributed by atoms with Crippen molar-refractivity contribution in [2.75, 3.05) is 6.54 Å². The van der Waals surface area contributed by atoms with Gasteiger partial charge in [0, 0.05) is 6.54 Å². The SMILES string of the molecule is Cc1cccc(-n2c(O)c([C@@H]3NCCc4ccccc43)c(=O)[nH]c2=O)c1. The van der Waals surface area contributed by atoms with E-state index in [9.17, 15) is 14.7 Å². The Kier molecular flexibility index (Phi) is 3.97. The van der Waals surface area contributed by atoms with Crippen LogP contribution in [-0.4, -0.2) is 21.2 Å². The van der Waals surface area contributed by atoms with Gasteiger partial charge in [-0.3, -0.25) is 9.78 Å². The van der Waals surface area contributed by atoms with Crippen LogP contribution in [0.4, 0.5) is 0 Å². The van der Waals surface area contributed by atoms with E-state index in [2.05, 4.69) is 10.3 Å². The zero-order valence-electron chi connectivity index (χ0n) is 14.3. The fourth-order valence-corrected chi connectivity index (χ4v) is 3.57. The smallest absolute Gasteiger partial charge is 0.335 e. The van der Waals surface area contributed by atoms with E-state index in [0.29, 0.717) is 12.2 Å². The molecule has 1 atom stereocenters. The standard InChI is InChI=1S/C20H19N3O3/c1-12-5-4-7-14(11-12)23-19(25)16(18(24)22-20(23)26)17-15-8-3-2-6-13(15)9-10-21-17/h2-8,11,17,21,25H,9-10H2,1H3,(H,22,24,26)/t17-/m1/s1. The Morgan fingerprint density at radius 2 is 1.92 bits per heavy atom. The molecule has 26 heavy (non-hydrogen) atoms. The number of aromatic amines is 1.